The Morgan fingerprint density at radius 1 is 1.67 bits per heavy atom. The number of methoxy groups -OCH3 is 1. The van der Waals surface area contributed by atoms with Crippen LogP contribution in [0.1, 0.15) is 24.3 Å². The molecule has 12 heavy (non-hydrogen) atoms. The molecule has 0 aliphatic rings. The highest BCUT2D eigenvalue weighted by Gasteiger charge is 2.07. The summed E-state index contributed by atoms with van der Waals surface area (Å²) in [6.07, 6.45) is 0. The summed E-state index contributed by atoms with van der Waals surface area (Å²) in [7, 11) is 1.30. The van der Waals surface area contributed by atoms with Crippen molar-refractivity contribution in [2.45, 2.75) is 13.8 Å². The second kappa shape index (κ2) is 5.54. The molecule has 4 nitrogen and oxygen atoms in total. The topological polar surface area (TPSA) is 65.2 Å². The zero-order valence-electron chi connectivity index (χ0n) is 7.33. The van der Waals surface area contributed by atoms with Crippen LogP contribution in [-0.4, -0.2) is 18.1 Å². The summed E-state index contributed by atoms with van der Waals surface area (Å²) in [5, 5.41) is 1.93. The highest BCUT2D eigenvalue weighted by Crippen LogP contribution is 2.11. The highest BCUT2D eigenvalue weighted by molar-refractivity contribution is 7.13. The molecule has 0 unspecified atom stereocenters. The van der Waals surface area contributed by atoms with Gasteiger partial charge in [0.25, 0.3) is 0 Å². The molecule has 1 heterocycles. The summed E-state index contributed by atoms with van der Waals surface area (Å²) < 4.78 is 4.40. The number of aromatic nitrogens is 1. The number of anilines is 1. The van der Waals surface area contributed by atoms with Crippen molar-refractivity contribution >= 4 is 22.4 Å². The maximum absolute atomic E-state index is 10.7. The van der Waals surface area contributed by atoms with Gasteiger partial charge in [-0.3, -0.25) is 0 Å². The fourth-order valence-corrected chi connectivity index (χ4v) is 1.02. The van der Waals surface area contributed by atoms with E-state index < -0.39 is 5.97 Å². The summed E-state index contributed by atoms with van der Waals surface area (Å²) in [4.78, 5) is 14.4. The lowest BCUT2D eigenvalue weighted by Crippen LogP contribution is -2.01. The van der Waals surface area contributed by atoms with Crippen LogP contribution in [0.3, 0.4) is 0 Å². The van der Waals surface area contributed by atoms with Gasteiger partial charge in [0.05, 0.1) is 7.11 Å². The van der Waals surface area contributed by atoms with Crippen molar-refractivity contribution in [3.63, 3.8) is 0 Å². The molecule has 5 heteroatoms. The van der Waals surface area contributed by atoms with Gasteiger partial charge in [0, 0.05) is 5.38 Å². The predicted octanol–water partition coefficient (Wildman–Crippen LogP) is 1.54. The number of hydrogen-bond acceptors (Lipinski definition) is 5. The average molecular weight is 188 g/mol. The Hall–Kier alpha value is -1.10. The Labute approximate surface area is 75.4 Å². The van der Waals surface area contributed by atoms with E-state index in [4.69, 9.17) is 5.73 Å². The van der Waals surface area contributed by atoms with Crippen LogP contribution in [0.25, 0.3) is 0 Å². The molecule has 0 aliphatic carbocycles. The number of nitrogens with two attached hydrogens (primary N) is 1. The summed E-state index contributed by atoms with van der Waals surface area (Å²) >= 11 is 1.21. The lowest BCUT2D eigenvalue weighted by Gasteiger charge is -1.89. The first-order chi connectivity index (χ1) is 5.74. The van der Waals surface area contributed by atoms with E-state index >= 15 is 0 Å². The number of carbonyl (C=O) groups is 1. The minimum absolute atomic E-state index is 0.269. The van der Waals surface area contributed by atoms with Gasteiger partial charge in [0.2, 0.25) is 0 Å². The van der Waals surface area contributed by atoms with Crippen LogP contribution in [0.4, 0.5) is 5.13 Å². The first kappa shape index (κ1) is 10.9. The van der Waals surface area contributed by atoms with Crippen LogP contribution in [0, 0.1) is 0 Å². The minimum atomic E-state index is -0.451. The van der Waals surface area contributed by atoms with Gasteiger partial charge < -0.3 is 10.5 Å². The minimum Gasteiger partial charge on any atom is -0.464 e. The number of nitrogens with zero attached hydrogens (tertiary/aromatic N) is 1. The molecule has 1 aromatic rings. The number of nitrogen functional groups attached to an aromatic ring is 1. The predicted molar refractivity (Wildman–Crippen MR) is 49.2 cm³/mol. The number of esters is 1. The van der Waals surface area contributed by atoms with Gasteiger partial charge in [-0.2, -0.15) is 0 Å². The maximum Gasteiger partial charge on any atom is 0.357 e. The molecule has 2 N–H and O–H groups in total. The molecule has 0 radical (unpaired) electrons. The van der Waals surface area contributed by atoms with Gasteiger partial charge in [0.15, 0.2) is 10.8 Å². The molecule has 0 aromatic carbocycles. The van der Waals surface area contributed by atoms with Crippen LogP contribution >= 0.6 is 11.3 Å². The van der Waals surface area contributed by atoms with Crippen LogP contribution in [0.5, 0.6) is 0 Å². The Bertz CT molecular complexity index is 247. The molecule has 0 spiro atoms. The fraction of sp³-hybridized carbons (Fsp3) is 0.429. The van der Waals surface area contributed by atoms with E-state index in [1.165, 1.54) is 18.4 Å². The van der Waals surface area contributed by atoms with Crippen molar-refractivity contribution in [3.05, 3.63) is 11.1 Å². The van der Waals surface area contributed by atoms with Crippen molar-refractivity contribution in [1.29, 1.82) is 0 Å². The molecule has 0 aliphatic heterocycles. The quantitative estimate of drug-likeness (QED) is 0.679. The molecule has 1 rings (SSSR count). The zero-order chi connectivity index (χ0) is 9.56. The Balaban J connectivity index is 0.000000561. The Morgan fingerprint density at radius 3 is 2.58 bits per heavy atom. The van der Waals surface area contributed by atoms with Crippen molar-refractivity contribution < 1.29 is 9.53 Å². The van der Waals surface area contributed by atoms with E-state index in [-0.39, 0.29) is 5.69 Å². The normalized spacial score (nSPS) is 8.25. The SMILES string of the molecule is CC.COC(=O)c1csc(N)n1. The van der Waals surface area contributed by atoms with Gasteiger partial charge in [-0.15, -0.1) is 11.3 Å². The maximum atomic E-state index is 10.7. The third kappa shape index (κ3) is 2.87. The monoisotopic (exact) mass is 188 g/mol. The number of thiazole rings is 1. The smallest absolute Gasteiger partial charge is 0.357 e. The molecule has 1 aromatic heterocycles. The van der Waals surface area contributed by atoms with Gasteiger partial charge in [-0.25, -0.2) is 9.78 Å². The lowest BCUT2D eigenvalue weighted by atomic mass is 10.5. The molecule has 68 valence electrons. The molecule has 0 fully saturated rings. The van der Waals surface area contributed by atoms with E-state index in [1.807, 2.05) is 13.8 Å². The molecular weight excluding hydrogens is 176 g/mol. The number of hydrogen-bond donors (Lipinski definition) is 1. The Morgan fingerprint density at radius 2 is 2.25 bits per heavy atom. The van der Waals surface area contributed by atoms with E-state index in [1.54, 1.807) is 5.38 Å². The molecule has 0 bridgehead atoms. The first-order valence-corrected chi connectivity index (χ1v) is 4.41. The van der Waals surface area contributed by atoms with Crippen molar-refractivity contribution in [3.8, 4) is 0 Å². The summed E-state index contributed by atoms with van der Waals surface area (Å²) in [5.74, 6) is -0.451. The number of ether oxygens (including phenoxy) is 1. The standard InChI is InChI=1S/C5H6N2O2S.C2H6/c1-9-4(8)3-2-10-5(6)7-3;1-2/h2H,1H3,(H2,6,7);1-2H3. The second-order valence-electron chi connectivity index (χ2n) is 1.56. The molecule has 0 saturated heterocycles. The van der Waals surface area contributed by atoms with E-state index in [2.05, 4.69) is 9.72 Å². The van der Waals surface area contributed by atoms with Crippen LogP contribution in [0.15, 0.2) is 5.38 Å². The lowest BCUT2D eigenvalue weighted by molar-refractivity contribution is 0.0595. The van der Waals surface area contributed by atoms with Crippen LogP contribution < -0.4 is 5.73 Å². The van der Waals surface area contributed by atoms with Crippen molar-refractivity contribution in [1.82, 2.24) is 4.98 Å². The van der Waals surface area contributed by atoms with E-state index in [0.717, 1.165) is 0 Å². The summed E-state index contributed by atoms with van der Waals surface area (Å²) in [5.41, 5.74) is 5.54. The van der Waals surface area contributed by atoms with Gasteiger partial charge in [-0.05, 0) is 0 Å². The molecule has 0 amide bonds. The van der Waals surface area contributed by atoms with Crippen molar-refractivity contribution in [2.75, 3.05) is 12.8 Å². The van der Waals surface area contributed by atoms with Gasteiger partial charge >= 0.3 is 5.97 Å². The molecule has 0 atom stereocenters. The van der Waals surface area contributed by atoms with Gasteiger partial charge in [-0.1, -0.05) is 13.8 Å². The fourth-order valence-electron chi connectivity index (χ4n) is 0.486. The number of rotatable bonds is 1. The second-order valence-corrected chi connectivity index (χ2v) is 2.45. The van der Waals surface area contributed by atoms with E-state index in [0.29, 0.717) is 5.13 Å². The summed E-state index contributed by atoms with van der Waals surface area (Å²) in [6.45, 7) is 4.00. The third-order valence-electron chi connectivity index (χ3n) is 0.916. The van der Waals surface area contributed by atoms with Crippen LogP contribution in [-0.2, 0) is 4.74 Å². The largest absolute Gasteiger partial charge is 0.464 e. The highest BCUT2D eigenvalue weighted by atomic mass is 32.1. The molecule has 0 saturated carbocycles. The Kier molecular flexibility index (Phi) is 5.03. The van der Waals surface area contributed by atoms with Crippen molar-refractivity contribution in [2.24, 2.45) is 0 Å². The molecular formula is C7H12N2O2S. The number of carbonyl (C=O) groups excluding carboxylic acids is 1. The van der Waals surface area contributed by atoms with Gasteiger partial charge in [0.1, 0.15) is 0 Å². The zero-order valence-corrected chi connectivity index (χ0v) is 8.14. The average Bonchev–Trinajstić information content (AvgIpc) is 2.54. The van der Waals surface area contributed by atoms with Crippen LogP contribution in [0.2, 0.25) is 0 Å². The van der Waals surface area contributed by atoms with E-state index in [9.17, 15) is 4.79 Å². The third-order valence-corrected chi connectivity index (χ3v) is 1.59. The first-order valence-electron chi connectivity index (χ1n) is 3.53. The summed E-state index contributed by atoms with van der Waals surface area (Å²) in [6, 6.07) is 0.